The highest BCUT2D eigenvalue weighted by Gasteiger charge is 2.08. The fourth-order valence-corrected chi connectivity index (χ4v) is 1.46. The monoisotopic (exact) mass is 222 g/mol. The molecular weight excluding hydrogens is 200 g/mol. The van der Waals surface area contributed by atoms with Gasteiger partial charge in [0.15, 0.2) is 0 Å². The minimum Gasteiger partial charge on any atom is -0.359 e. The molecule has 0 bridgehead atoms. The van der Waals surface area contributed by atoms with E-state index in [0.29, 0.717) is 5.92 Å². The molecule has 4 nitrogen and oxygen atoms in total. The zero-order valence-corrected chi connectivity index (χ0v) is 10.9. The van der Waals surface area contributed by atoms with Gasteiger partial charge in [-0.15, -0.1) is 0 Å². The first-order valence-electron chi connectivity index (χ1n) is 5.76. The second-order valence-electron chi connectivity index (χ2n) is 4.50. The third-order valence-electron chi connectivity index (χ3n) is 2.70. The maximum Gasteiger partial charge on any atom is 0.226 e. The molecule has 1 aromatic heterocycles. The number of hydrogen-bond donors (Lipinski definition) is 0. The fourth-order valence-electron chi connectivity index (χ4n) is 1.46. The van der Waals surface area contributed by atoms with Crippen molar-refractivity contribution in [2.75, 3.05) is 37.5 Å². The van der Waals surface area contributed by atoms with E-state index in [-0.39, 0.29) is 0 Å². The van der Waals surface area contributed by atoms with E-state index in [1.54, 1.807) is 0 Å². The zero-order chi connectivity index (χ0) is 12.1. The summed E-state index contributed by atoms with van der Waals surface area (Å²) in [6.07, 6.45) is 3.00. The molecule has 0 saturated carbocycles. The second-order valence-corrected chi connectivity index (χ2v) is 4.50. The molecule has 0 aliphatic rings. The highest BCUT2D eigenvalue weighted by atomic mass is 15.3. The average Bonchev–Trinajstić information content (AvgIpc) is 2.28. The van der Waals surface area contributed by atoms with Gasteiger partial charge in [-0.1, -0.05) is 20.3 Å². The maximum absolute atomic E-state index is 4.50. The molecule has 0 spiro atoms. The van der Waals surface area contributed by atoms with Crippen LogP contribution in [0, 0.1) is 5.92 Å². The van der Waals surface area contributed by atoms with E-state index >= 15 is 0 Å². The molecule has 4 heteroatoms. The van der Waals surface area contributed by atoms with Crippen molar-refractivity contribution >= 4 is 11.8 Å². The van der Waals surface area contributed by atoms with E-state index < -0.39 is 0 Å². The quantitative estimate of drug-likeness (QED) is 0.763. The van der Waals surface area contributed by atoms with Crippen molar-refractivity contribution in [2.24, 2.45) is 5.92 Å². The van der Waals surface area contributed by atoms with Crippen LogP contribution in [0.15, 0.2) is 12.3 Å². The molecule has 0 amide bonds. The van der Waals surface area contributed by atoms with Gasteiger partial charge in [0.2, 0.25) is 5.95 Å². The Morgan fingerprint density at radius 1 is 1.31 bits per heavy atom. The van der Waals surface area contributed by atoms with E-state index in [4.69, 9.17) is 0 Å². The molecule has 0 fully saturated rings. The predicted octanol–water partition coefficient (Wildman–Crippen LogP) is 2.02. The third-order valence-corrected chi connectivity index (χ3v) is 2.70. The summed E-state index contributed by atoms with van der Waals surface area (Å²) in [5, 5.41) is 0. The van der Waals surface area contributed by atoms with Gasteiger partial charge in [0.25, 0.3) is 0 Å². The van der Waals surface area contributed by atoms with Crippen molar-refractivity contribution in [1.82, 2.24) is 9.97 Å². The number of anilines is 2. The van der Waals surface area contributed by atoms with Gasteiger partial charge in [-0.2, -0.15) is 4.98 Å². The van der Waals surface area contributed by atoms with Crippen molar-refractivity contribution in [1.29, 1.82) is 0 Å². The molecule has 0 saturated heterocycles. The topological polar surface area (TPSA) is 32.3 Å². The van der Waals surface area contributed by atoms with Gasteiger partial charge in [0.1, 0.15) is 5.82 Å². The summed E-state index contributed by atoms with van der Waals surface area (Å²) in [4.78, 5) is 12.8. The van der Waals surface area contributed by atoms with E-state index in [0.717, 1.165) is 18.3 Å². The number of rotatable bonds is 5. The lowest BCUT2D eigenvalue weighted by atomic mass is 10.1. The molecule has 90 valence electrons. The third kappa shape index (κ3) is 3.36. The predicted molar refractivity (Wildman–Crippen MR) is 69.1 cm³/mol. The van der Waals surface area contributed by atoms with Crippen LogP contribution in [0.3, 0.4) is 0 Å². The summed E-state index contributed by atoms with van der Waals surface area (Å²) >= 11 is 0. The van der Waals surface area contributed by atoms with Crippen molar-refractivity contribution < 1.29 is 0 Å². The molecule has 0 aliphatic carbocycles. The first kappa shape index (κ1) is 12.7. The first-order valence-corrected chi connectivity index (χ1v) is 5.76. The van der Waals surface area contributed by atoms with Crippen LogP contribution >= 0.6 is 0 Å². The van der Waals surface area contributed by atoms with Crippen molar-refractivity contribution in [3.8, 4) is 0 Å². The molecular formula is C12H22N4. The molecule has 0 N–H and O–H groups in total. The van der Waals surface area contributed by atoms with Crippen LogP contribution in [0.2, 0.25) is 0 Å². The summed E-state index contributed by atoms with van der Waals surface area (Å²) in [6.45, 7) is 5.49. The first-order chi connectivity index (χ1) is 7.54. The summed E-state index contributed by atoms with van der Waals surface area (Å²) in [6, 6.07) is 1.95. The smallest absolute Gasteiger partial charge is 0.226 e. The van der Waals surface area contributed by atoms with Gasteiger partial charge < -0.3 is 9.80 Å². The van der Waals surface area contributed by atoms with Crippen LogP contribution in [0.4, 0.5) is 11.8 Å². The minimum absolute atomic E-state index is 0.683. The Labute approximate surface area is 98.3 Å². The van der Waals surface area contributed by atoms with Gasteiger partial charge in [-0.05, 0) is 12.0 Å². The van der Waals surface area contributed by atoms with E-state index in [1.807, 2.05) is 31.3 Å². The van der Waals surface area contributed by atoms with Crippen molar-refractivity contribution in [2.45, 2.75) is 20.3 Å². The SMILES string of the molecule is CCC(C)CN(C)c1ccnc(N(C)C)n1. The zero-order valence-electron chi connectivity index (χ0n) is 10.9. The highest BCUT2D eigenvalue weighted by molar-refractivity contribution is 5.42. The van der Waals surface area contributed by atoms with Crippen LogP contribution < -0.4 is 9.80 Å². The maximum atomic E-state index is 4.50. The fraction of sp³-hybridized carbons (Fsp3) is 0.667. The molecule has 1 heterocycles. The summed E-state index contributed by atoms with van der Waals surface area (Å²) < 4.78 is 0. The number of nitrogens with zero attached hydrogens (tertiary/aromatic N) is 4. The minimum atomic E-state index is 0.683. The normalized spacial score (nSPS) is 12.3. The Balaban J connectivity index is 2.75. The average molecular weight is 222 g/mol. The van der Waals surface area contributed by atoms with Crippen LogP contribution in [-0.2, 0) is 0 Å². The summed E-state index contributed by atoms with van der Waals surface area (Å²) in [7, 11) is 5.98. The number of hydrogen-bond acceptors (Lipinski definition) is 4. The molecule has 1 rings (SSSR count). The summed E-state index contributed by atoms with van der Waals surface area (Å²) in [5.74, 6) is 2.43. The lowest BCUT2D eigenvalue weighted by molar-refractivity contribution is 0.557. The largest absolute Gasteiger partial charge is 0.359 e. The van der Waals surface area contributed by atoms with E-state index in [2.05, 4.69) is 35.8 Å². The van der Waals surface area contributed by atoms with Gasteiger partial charge in [0.05, 0.1) is 0 Å². The van der Waals surface area contributed by atoms with Crippen molar-refractivity contribution in [3.63, 3.8) is 0 Å². The Kier molecular flexibility index (Phi) is 4.52. The Morgan fingerprint density at radius 3 is 2.56 bits per heavy atom. The van der Waals surface area contributed by atoms with Crippen LogP contribution in [0.1, 0.15) is 20.3 Å². The lowest BCUT2D eigenvalue weighted by Crippen LogP contribution is -2.25. The molecule has 0 aromatic carbocycles. The molecule has 1 atom stereocenters. The lowest BCUT2D eigenvalue weighted by Gasteiger charge is -2.22. The van der Waals surface area contributed by atoms with Gasteiger partial charge in [0, 0.05) is 33.9 Å². The Bertz CT molecular complexity index is 325. The number of aromatic nitrogens is 2. The van der Waals surface area contributed by atoms with Crippen LogP contribution in [-0.4, -0.2) is 37.7 Å². The molecule has 1 aromatic rings. The van der Waals surface area contributed by atoms with Gasteiger partial charge in [-0.25, -0.2) is 4.98 Å². The standard InChI is InChI=1S/C12H22N4/c1-6-10(2)9-16(5)11-7-8-13-12(14-11)15(3)4/h7-8,10H,6,9H2,1-5H3. The Hall–Kier alpha value is -1.32. The second kappa shape index (κ2) is 5.68. The van der Waals surface area contributed by atoms with Crippen molar-refractivity contribution in [3.05, 3.63) is 12.3 Å². The van der Waals surface area contributed by atoms with Gasteiger partial charge in [-0.3, -0.25) is 0 Å². The highest BCUT2D eigenvalue weighted by Crippen LogP contribution is 2.14. The van der Waals surface area contributed by atoms with Gasteiger partial charge >= 0.3 is 0 Å². The molecule has 0 aliphatic heterocycles. The van der Waals surface area contributed by atoms with E-state index in [9.17, 15) is 0 Å². The van der Waals surface area contributed by atoms with Crippen LogP contribution in [0.25, 0.3) is 0 Å². The summed E-state index contributed by atoms with van der Waals surface area (Å²) in [5.41, 5.74) is 0. The molecule has 0 radical (unpaired) electrons. The van der Waals surface area contributed by atoms with Crippen LogP contribution in [0.5, 0.6) is 0 Å². The molecule has 16 heavy (non-hydrogen) atoms. The Morgan fingerprint density at radius 2 is 2.00 bits per heavy atom. The molecule has 1 unspecified atom stereocenters. The van der Waals surface area contributed by atoms with E-state index in [1.165, 1.54) is 6.42 Å².